The Bertz CT molecular complexity index is 1040. The number of aromatic nitrogens is 4. The summed E-state index contributed by atoms with van der Waals surface area (Å²) in [7, 11) is 1.70. The van der Waals surface area contributed by atoms with Crippen LogP contribution >= 0.6 is 0 Å². The normalized spacial score (nSPS) is 19.4. The molecule has 0 aliphatic carbocycles. The van der Waals surface area contributed by atoms with Crippen molar-refractivity contribution in [2.24, 2.45) is 7.05 Å². The van der Waals surface area contributed by atoms with Gasteiger partial charge in [0.05, 0.1) is 17.6 Å². The summed E-state index contributed by atoms with van der Waals surface area (Å²) >= 11 is 0. The minimum Gasteiger partial charge on any atom is -0.360 e. The number of urea groups is 1. The molecular weight excluding hydrogens is 338 g/mol. The Morgan fingerprint density at radius 3 is 2.85 bits per heavy atom. The molecule has 132 valence electrons. The fraction of sp³-hybridized carbons (Fsp3) is 0.188. The molecule has 4 amide bonds. The lowest BCUT2D eigenvalue weighted by Crippen LogP contribution is -2.54. The predicted octanol–water partition coefficient (Wildman–Crippen LogP) is -0.239. The Labute approximate surface area is 147 Å². The fourth-order valence-corrected chi connectivity index (χ4v) is 2.99. The highest BCUT2D eigenvalue weighted by molar-refractivity contribution is 6.07. The molecule has 0 spiro atoms. The van der Waals surface area contributed by atoms with Gasteiger partial charge >= 0.3 is 6.03 Å². The Kier molecular flexibility index (Phi) is 3.46. The van der Waals surface area contributed by atoms with Crippen LogP contribution in [0.25, 0.3) is 11.0 Å². The molecule has 1 saturated heterocycles. The second-order valence-corrected chi connectivity index (χ2v) is 5.96. The number of imide groups is 1. The summed E-state index contributed by atoms with van der Waals surface area (Å²) in [6.07, 6.45) is 4.89. The van der Waals surface area contributed by atoms with Gasteiger partial charge in [-0.3, -0.25) is 14.9 Å². The molecular formula is C16H15N7O3. The molecule has 0 radical (unpaired) electrons. The molecule has 3 aromatic rings. The van der Waals surface area contributed by atoms with E-state index in [9.17, 15) is 14.4 Å². The van der Waals surface area contributed by atoms with E-state index in [0.717, 1.165) is 5.52 Å². The number of rotatable bonds is 4. The molecule has 1 fully saturated rings. The van der Waals surface area contributed by atoms with Crippen LogP contribution in [-0.2, 0) is 17.4 Å². The number of aryl methyl sites for hydroxylation is 1. The highest BCUT2D eigenvalue weighted by atomic mass is 16.2. The largest absolute Gasteiger partial charge is 0.360 e. The molecule has 1 atom stereocenters. The third-order valence-corrected chi connectivity index (χ3v) is 4.30. The fourth-order valence-electron chi connectivity index (χ4n) is 2.99. The van der Waals surface area contributed by atoms with Gasteiger partial charge in [0.2, 0.25) is 0 Å². The van der Waals surface area contributed by atoms with Crippen LogP contribution in [0.5, 0.6) is 0 Å². The van der Waals surface area contributed by atoms with Crippen molar-refractivity contribution in [3.8, 4) is 0 Å². The number of H-pyrrole nitrogens is 1. The number of amides is 4. The van der Waals surface area contributed by atoms with Crippen molar-refractivity contribution in [3.63, 3.8) is 0 Å². The van der Waals surface area contributed by atoms with Gasteiger partial charge in [0.15, 0.2) is 5.54 Å². The molecule has 1 aliphatic heterocycles. The molecule has 26 heavy (non-hydrogen) atoms. The summed E-state index contributed by atoms with van der Waals surface area (Å²) in [5.74, 6) is -0.725. The third kappa shape index (κ3) is 2.39. The molecule has 0 bridgehead atoms. The first-order valence-electron chi connectivity index (χ1n) is 7.83. The van der Waals surface area contributed by atoms with E-state index < -0.39 is 23.4 Å². The van der Waals surface area contributed by atoms with Crippen LogP contribution in [0.3, 0.4) is 0 Å². The molecule has 0 aromatic carbocycles. The minimum absolute atomic E-state index is 0.166. The van der Waals surface area contributed by atoms with E-state index in [2.05, 4.69) is 30.9 Å². The zero-order chi connectivity index (χ0) is 18.3. The van der Waals surface area contributed by atoms with Crippen LogP contribution < -0.4 is 16.0 Å². The Balaban J connectivity index is 1.61. The van der Waals surface area contributed by atoms with E-state index >= 15 is 0 Å². The van der Waals surface area contributed by atoms with Crippen LogP contribution in [0.2, 0.25) is 0 Å². The number of aromatic amines is 1. The highest BCUT2D eigenvalue weighted by Gasteiger charge is 2.50. The Hall–Kier alpha value is -3.69. The second-order valence-electron chi connectivity index (χ2n) is 5.96. The van der Waals surface area contributed by atoms with Crippen molar-refractivity contribution in [1.29, 1.82) is 0 Å². The maximum atomic E-state index is 12.5. The Morgan fingerprint density at radius 1 is 1.31 bits per heavy atom. The first-order valence-corrected chi connectivity index (χ1v) is 7.83. The third-order valence-electron chi connectivity index (χ3n) is 4.30. The molecule has 4 N–H and O–H groups in total. The summed E-state index contributed by atoms with van der Waals surface area (Å²) in [6.45, 7) is -0.166. The van der Waals surface area contributed by atoms with E-state index in [1.165, 1.54) is 6.20 Å². The molecule has 10 nitrogen and oxygen atoms in total. The number of pyridine rings is 1. The van der Waals surface area contributed by atoms with Crippen LogP contribution in [-0.4, -0.2) is 43.9 Å². The van der Waals surface area contributed by atoms with Crippen LogP contribution in [0.1, 0.15) is 16.3 Å². The van der Waals surface area contributed by atoms with Crippen molar-refractivity contribution < 1.29 is 14.4 Å². The number of nitrogens with one attached hydrogen (secondary N) is 4. The summed E-state index contributed by atoms with van der Waals surface area (Å²) in [4.78, 5) is 48.0. The second kappa shape index (κ2) is 5.69. The van der Waals surface area contributed by atoms with Gasteiger partial charge in [0.1, 0.15) is 11.5 Å². The van der Waals surface area contributed by atoms with Crippen molar-refractivity contribution >= 4 is 28.9 Å². The maximum Gasteiger partial charge on any atom is 0.322 e. The smallest absolute Gasteiger partial charge is 0.322 e. The standard InChI is InChI=1S/C16H15N7O3/c1-23-7-6-18-13(23)16(14(25)21-15(26)22-16)8-19-12(24)11-3-2-9-10(20-11)4-5-17-9/h2-7,17H,8H2,1H3,(H,19,24)(H2,21,22,25,26). The van der Waals surface area contributed by atoms with E-state index in [0.29, 0.717) is 11.3 Å². The number of carbonyl (C=O) groups excluding carboxylic acids is 3. The number of carbonyl (C=O) groups is 3. The molecule has 0 saturated carbocycles. The minimum atomic E-state index is -1.48. The summed E-state index contributed by atoms with van der Waals surface area (Å²) < 4.78 is 1.61. The number of nitrogens with zero attached hydrogens (tertiary/aromatic N) is 3. The number of hydrogen-bond acceptors (Lipinski definition) is 5. The summed E-state index contributed by atoms with van der Waals surface area (Å²) in [5.41, 5.74) is 0.192. The number of imidazole rings is 1. The lowest BCUT2D eigenvalue weighted by Gasteiger charge is -2.25. The average Bonchev–Trinajstić information content (AvgIpc) is 3.31. The zero-order valence-corrected chi connectivity index (χ0v) is 13.7. The van der Waals surface area contributed by atoms with Gasteiger partial charge in [-0.25, -0.2) is 14.8 Å². The average molecular weight is 353 g/mol. The lowest BCUT2D eigenvalue weighted by atomic mass is 9.98. The monoisotopic (exact) mass is 353 g/mol. The van der Waals surface area contributed by atoms with Crippen molar-refractivity contribution in [2.75, 3.05) is 6.54 Å². The van der Waals surface area contributed by atoms with Crippen molar-refractivity contribution in [2.45, 2.75) is 5.54 Å². The van der Waals surface area contributed by atoms with Crippen LogP contribution in [0.15, 0.2) is 36.8 Å². The van der Waals surface area contributed by atoms with Gasteiger partial charge in [-0.05, 0) is 18.2 Å². The van der Waals surface area contributed by atoms with Gasteiger partial charge in [-0.15, -0.1) is 0 Å². The van der Waals surface area contributed by atoms with Gasteiger partial charge in [0, 0.05) is 25.6 Å². The molecule has 1 aliphatic rings. The first-order chi connectivity index (χ1) is 12.5. The van der Waals surface area contributed by atoms with Gasteiger partial charge in [-0.2, -0.15) is 0 Å². The van der Waals surface area contributed by atoms with Gasteiger partial charge in [0.25, 0.3) is 11.8 Å². The van der Waals surface area contributed by atoms with Gasteiger partial charge < -0.3 is 20.2 Å². The topological polar surface area (TPSA) is 134 Å². The summed E-state index contributed by atoms with van der Waals surface area (Å²) in [5, 5.41) is 7.43. The quantitative estimate of drug-likeness (QED) is 0.480. The SMILES string of the molecule is Cn1ccnc1C1(CNC(=O)c2ccc3[nH]ccc3n2)NC(=O)NC1=O. The van der Waals surface area contributed by atoms with E-state index in [1.807, 2.05) is 0 Å². The molecule has 1 unspecified atom stereocenters. The molecule has 4 rings (SSSR count). The first kappa shape index (κ1) is 15.8. The maximum absolute atomic E-state index is 12.5. The van der Waals surface area contributed by atoms with E-state index in [4.69, 9.17) is 0 Å². The summed E-state index contributed by atoms with van der Waals surface area (Å²) in [6, 6.07) is 4.44. The van der Waals surface area contributed by atoms with Gasteiger partial charge in [-0.1, -0.05) is 0 Å². The Morgan fingerprint density at radius 2 is 2.15 bits per heavy atom. The van der Waals surface area contributed by atoms with Crippen molar-refractivity contribution in [1.82, 2.24) is 35.5 Å². The van der Waals surface area contributed by atoms with Crippen LogP contribution in [0.4, 0.5) is 4.79 Å². The molecule has 4 heterocycles. The van der Waals surface area contributed by atoms with E-state index in [1.54, 1.807) is 42.2 Å². The lowest BCUT2D eigenvalue weighted by molar-refractivity contribution is -0.124. The predicted molar refractivity (Wildman–Crippen MR) is 90.0 cm³/mol. The molecule has 10 heteroatoms. The molecule has 3 aromatic heterocycles. The zero-order valence-electron chi connectivity index (χ0n) is 13.7. The number of hydrogen-bond donors (Lipinski definition) is 4. The highest BCUT2D eigenvalue weighted by Crippen LogP contribution is 2.22. The van der Waals surface area contributed by atoms with E-state index in [-0.39, 0.29) is 12.2 Å². The van der Waals surface area contributed by atoms with Crippen molar-refractivity contribution in [3.05, 3.63) is 48.3 Å². The number of fused-ring (bicyclic) bond motifs is 1. The van der Waals surface area contributed by atoms with Crippen LogP contribution in [0, 0.1) is 0 Å².